The second-order valence-corrected chi connectivity index (χ2v) is 9.98. The van der Waals surface area contributed by atoms with Gasteiger partial charge in [-0.3, -0.25) is 4.79 Å². The molecule has 0 heterocycles. The van der Waals surface area contributed by atoms with Crippen LogP contribution >= 0.6 is 0 Å². The number of hydrogen-bond donors (Lipinski definition) is 2. The van der Waals surface area contributed by atoms with E-state index in [4.69, 9.17) is 4.74 Å². The smallest absolute Gasteiger partial charge is 0.341 e. The standard InChI is InChI=1S/C33H39F2NO4/c1-2-3-4-5-6-7-8-9-10-15-20-36-33(39)24-21-27(25-16-11-13-18-29(25)34)32(40-23-31(37)38)28(22-24)26-17-12-14-19-30(26)35/h11-14,16-19,21-22H,2-10,15,20,23H2,1H3,(H,36,39)(H,37,38). The van der Waals surface area contributed by atoms with Gasteiger partial charge in [0.15, 0.2) is 6.61 Å². The molecule has 0 bridgehead atoms. The number of carboxylic acids is 1. The Morgan fingerprint density at radius 1 is 0.725 bits per heavy atom. The van der Waals surface area contributed by atoms with Crippen LogP contribution in [0.3, 0.4) is 0 Å². The van der Waals surface area contributed by atoms with Crippen LogP contribution in [0.1, 0.15) is 81.5 Å². The minimum absolute atomic E-state index is 0.0103. The first-order valence-electron chi connectivity index (χ1n) is 14.2. The predicted octanol–water partition coefficient (Wildman–Crippen LogP) is 8.41. The van der Waals surface area contributed by atoms with Gasteiger partial charge in [0.05, 0.1) is 0 Å². The molecule has 3 rings (SSSR count). The Balaban J connectivity index is 1.79. The summed E-state index contributed by atoms with van der Waals surface area (Å²) in [5.74, 6) is -2.79. The monoisotopic (exact) mass is 551 g/mol. The van der Waals surface area contributed by atoms with E-state index in [-0.39, 0.29) is 39.5 Å². The van der Waals surface area contributed by atoms with Gasteiger partial charge in [-0.15, -0.1) is 0 Å². The highest BCUT2D eigenvalue weighted by molar-refractivity contribution is 5.99. The number of rotatable bonds is 17. The summed E-state index contributed by atoms with van der Waals surface area (Å²) in [5, 5.41) is 12.2. The van der Waals surface area contributed by atoms with Gasteiger partial charge < -0.3 is 15.2 Å². The van der Waals surface area contributed by atoms with Crippen LogP contribution in [0.4, 0.5) is 8.78 Å². The quantitative estimate of drug-likeness (QED) is 0.165. The molecule has 0 aromatic heterocycles. The number of aliphatic carboxylic acids is 1. The zero-order valence-corrected chi connectivity index (χ0v) is 23.2. The molecule has 2 N–H and O–H groups in total. The number of carboxylic acid groups (broad SMARTS) is 1. The lowest BCUT2D eigenvalue weighted by Crippen LogP contribution is -2.24. The van der Waals surface area contributed by atoms with Crippen LogP contribution in [-0.4, -0.2) is 30.1 Å². The topological polar surface area (TPSA) is 75.6 Å². The Morgan fingerprint density at radius 3 is 1.68 bits per heavy atom. The summed E-state index contributed by atoms with van der Waals surface area (Å²) in [4.78, 5) is 24.5. The van der Waals surface area contributed by atoms with Gasteiger partial charge in [-0.2, -0.15) is 0 Å². The lowest BCUT2D eigenvalue weighted by molar-refractivity contribution is -0.139. The molecule has 0 atom stereocenters. The third-order valence-corrected chi connectivity index (χ3v) is 6.84. The lowest BCUT2D eigenvalue weighted by Gasteiger charge is -2.18. The Hall–Kier alpha value is -3.74. The number of ether oxygens (including phenoxy) is 1. The largest absolute Gasteiger partial charge is 0.481 e. The number of hydrogen-bond acceptors (Lipinski definition) is 3. The Morgan fingerprint density at radius 2 is 1.20 bits per heavy atom. The first-order chi connectivity index (χ1) is 19.4. The summed E-state index contributed by atoms with van der Waals surface area (Å²) in [5.41, 5.74) is 0.772. The van der Waals surface area contributed by atoms with Gasteiger partial charge in [-0.25, -0.2) is 13.6 Å². The molecular formula is C33H39F2NO4. The van der Waals surface area contributed by atoms with Crippen molar-refractivity contribution in [1.29, 1.82) is 0 Å². The Labute approximate surface area is 235 Å². The SMILES string of the molecule is CCCCCCCCCCCCNC(=O)c1cc(-c2ccccc2F)c(OCC(=O)O)c(-c2ccccc2F)c1. The molecular weight excluding hydrogens is 512 g/mol. The van der Waals surface area contributed by atoms with Crippen LogP contribution in [0.25, 0.3) is 22.3 Å². The summed E-state index contributed by atoms with van der Waals surface area (Å²) in [6.07, 6.45) is 11.8. The fourth-order valence-electron chi connectivity index (χ4n) is 4.73. The van der Waals surface area contributed by atoms with Crippen LogP contribution in [0.5, 0.6) is 5.75 Å². The number of benzene rings is 3. The van der Waals surface area contributed by atoms with Crippen LogP contribution in [-0.2, 0) is 4.79 Å². The molecule has 3 aromatic rings. The maximum atomic E-state index is 14.9. The van der Waals surface area contributed by atoms with Gasteiger partial charge in [0, 0.05) is 34.4 Å². The van der Waals surface area contributed by atoms with Crippen LogP contribution in [0.15, 0.2) is 60.7 Å². The second kappa shape index (κ2) is 16.4. The molecule has 0 aliphatic carbocycles. The second-order valence-electron chi connectivity index (χ2n) is 9.98. The zero-order valence-electron chi connectivity index (χ0n) is 23.2. The minimum atomic E-state index is -1.24. The van der Waals surface area contributed by atoms with Gasteiger partial charge in [0.2, 0.25) is 0 Å². The predicted molar refractivity (Wildman–Crippen MR) is 155 cm³/mol. The van der Waals surface area contributed by atoms with Gasteiger partial charge in [0.1, 0.15) is 17.4 Å². The average Bonchev–Trinajstić information content (AvgIpc) is 2.95. The molecule has 0 radical (unpaired) electrons. The van der Waals surface area contributed by atoms with Crippen molar-refractivity contribution in [1.82, 2.24) is 5.32 Å². The van der Waals surface area contributed by atoms with E-state index >= 15 is 0 Å². The molecule has 0 aliphatic heterocycles. The number of amides is 1. The van der Waals surface area contributed by atoms with Crippen molar-refractivity contribution in [3.8, 4) is 28.0 Å². The van der Waals surface area contributed by atoms with Gasteiger partial charge in [0.25, 0.3) is 5.91 Å². The highest BCUT2D eigenvalue weighted by Gasteiger charge is 2.22. The summed E-state index contributed by atoms with van der Waals surface area (Å²) in [6.45, 7) is 1.98. The fourth-order valence-corrected chi connectivity index (χ4v) is 4.73. The van der Waals surface area contributed by atoms with E-state index in [1.54, 1.807) is 12.1 Å². The average molecular weight is 552 g/mol. The van der Waals surface area contributed by atoms with Gasteiger partial charge in [-0.05, 0) is 30.7 Å². The third kappa shape index (κ3) is 9.18. The molecule has 0 aliphatic rings. The number of carbonyl (C=O) groups excluding carboxylic acids is 1. The van der Waals surface area contributed by atoms with Crippen molar-refractivity contribution in [3.63, 3.8) is 0 Å². The summed E-state index contributed by atoms with van der Waals surface area (Å²) in [7, 11) is 0. The zero-order chi connectivity index (χ0) is 28.7. The molecule has 0 spiro atoms. The molecule has 0 unspecified atom stereocenters. The summed E-state index contributed by atoms with van der Waals surface area (Å²) < 4.78 is 35.4. The van der Waals surface area contributed by atoms with E-state index in [2.05, 4.69) is 12.2 Å². The molecule has 1 amide bonds. The molecule has 0 saturated carbocycles. The Bertz CT molecular complexity index is 1190. The highest BCUT2D eigenvalue weighted by atomic mass is 19.1. The fraction of sp³-hybridized carbons (Fsp3) is 0.394. The van der Waals surface area contributed by atoms with Crippen molar-refractivity contribution in [2.75, 3.05) is 13.2 Å². The number of carbonyl (C=O) groups is 2. The molecule has 40 heavy (non-hydrogen) atoms. The van der Waals surface area contributed by atoms with E-state index < -0.39 is 24.2 Å². The number of halogens is 2. The van der Waals surface area contributed by atoms with E-state index in [1.165, 1.54) is 93.5 Å². The van der Waals surface area contributed by atoms with Crippen LogP contribution in [0, 0.1) is 11.6 Å². The van der Waals surface area contributed by atoms with Crippen LogP contribution in [0.2, 0.25) is 0 Å². The number of unbranched alkanes of at least 4 members (excludes halogenated alkanes) is 9. The van der Waals surface area contributed by atoms with Crippen molar-refractivity contribution in [2.45, 2.75) is 71.1 Å². The van der Waals surface area contributed by atoms with E-state index in [9.17, 15) is 23.5 Å². The molecule has 0 saturated heterocycles. The van der Waals surface area contributed by atoms with E-state index in [1.807, 2.05) is 0 Å². The summed E-state index contributed by atoms with van der Waals surface area (Å²) in [6, 6.07) is 14.8. The van der Waals surface area contributed by atoms with Crippen molar-refractivity contribution in [3.05, 3.63) is 77.9 Å². The number of nitrogens with one attached hydrogen (secondary N) is 1. The normalized spacial score (nSPS) is 10.9. The lowest BCUT2D eigenvalue weighted by atomic mass is 9.93. The molecule has 214 valence electrons. The maximum Gasteiger partial charge on any atom is 0.341 e. The third-order valence-electron chi connectivity index (χ3n) is 6.84. The molecule has 0 fully saturated rings. The minimum Gasteiger partial charge on any atom is -0.481 e. The van der Waals surface area contributed by atoms with Crippen molar-refractivity contribution in [2.24, 2.45) is 0 Å². The molecule has 5 nitrogen and oxygen atoms in total. The van der Waals surface area contributed by atoms with E-state index in [0.29, 0.717) is 6.54 Å². The maximum absolute atomic E-state index is 14.9. The first kappa shape index (κ1) is 30.8. The first-order valence-corrected chi connectivity index (χ1v) is 14.2. The molecule has 7 heteroatoms. The van der Waals surface area contributed by atoms with Crippen molar-refractivity contribution >= 4 is 11.9 Å². The van der Waals surface area contributed by atoms with Crippen LogP contribution < -0.4 is 10.1 Å². The van der Waals surface area contributed by atoms with E-state index in [0.717, 1.165) is 19.3 Å². The van der Waals surface area contributed by atoms with Crippen molar-refractivity contribution < 1.29 is 28.2 Å². The Kier molecular flexibility index (Phi) is 12.6. The van der Waals surface area contributed by atoms with Gasteiger partial charge in [-0.1, -0.05) is 101 Å². The van der Waals surface area contributed by atoms with Gasteiger partial charge >= 0.3 is 5.97 Å². The highest BCUT2D eigenvalue weighted by Crippen LogP contribution is 2.42. The summed E-state index contributed by atoms with van der Waals surface area (Å²) >= 11 is 0. The molecule has 3 aromatic carbocycles.